The number of aliphatic hydroxyl groups is 1. The van der Waals surface area contributed by atoms with E-state index in [0.717, 1.165) is 28.3 Å². The first-order valence-corrected chi connectivity index (χ1v) is 8.35. The zero-order valence-electron chi connectivity index (χ0n) is 15.3. The average molecular weight is 356 g/mol. The molecule has 7 nitrogen and oxygen atoms in total. The van der Waals surface area contributed by atoms with E-state index in [0.29, 0.717) is 24.5 Å². The predicted molar refractivity (Wildman–Crippen MR) is 102 cm³/mol. The number of likely N-dealkylation sites (N-methyl/N-ethyl adjacent to an activating group) is 1. The van der Waals surface area contributed by atoms with Crippen LogP contribution in [0.5, 0.6) is 11.5 Å². The molecule has 0 aliphatic carbocycles. The number of ether oxygens (including phenoxy) is 2. The van der Waals surface area contributed by atoms with Gasteiger partial charge < -0.3 is 24.7 Å². The molecule has 0 saturated heterocycles. The summed E-state index contributed by atoms with van der Waals surface area (Å²) in [7, 11) is 5.22. The second kappa shape index (κ2) is 7.63. The molecule has 138 valence electrons. The third kappa shape index (κ3) is 3.44. The highest BCUT2D eigenvalue weighted by Gasteiger charge is 2.19. The summed E-state index contributed by atoms with van der Waals surface area (Å²) in [5.74, 6) is 1.44. The Bertz CT molecular complexity index is 907. The van der Waals surface area contributed by atoms with E-state index >= 15 is 0 Å². The maximum atomic E-state index is 9.24. The van der Waals surface area contributed by atoms with Crippen molar-refractivity contribution in [2.45, 2.75) is 6.54 Å². The number of imidazole rings is 1. The molecule has 0 fully saturated rings. The van der Waals surface area contributed by atoms with E-state index in [1.165, 1.54) is 0 Å². The Labute approximate surface area is 152 Å². The van der Waals surface area contributed by atoms with Crippen LogP contribution in [-0.4, -0.2) is 53.8 Å². The number of aromatic nitrogens is 2. The van der Waals surface area contributed by atoms with Gasteiger partial charge in [-0.25, -0.2) is 4.98 Å². The smallest absolute Gasteiger partial charge is 0.137 e. The van der Waals surface area contributed by atoms with Gasteiger partial charge in [0.2, 0.25) is 0 Å². The summed E-state index contributed by atoms with van der Waals surface area (Å²) >= 11 is 0. The molecule has 2 aromatic heterocycles. The van der Waals surface area contributed by atoms with Crippen LogP contribution in [0.1, 0.15) is 5.69 Å². The number of rotatable bonds is 7. The third-order valence-electron chi connectivity index (χ3n) is 4.30. The molecule has 3 N–H and O–H groups in total. The van der Waals surface area contributed by atoms with E-state index in [1.807, 2.05) is 52.9 Å². The molecule has 0 atom stereocenters. The van der Waals surface area contributed by atoms with Gasteiger partial charge in [-0.15, -0.1) is 0 Å². The molecule has 0 aliphatic heterocycles. The van der Waals surface area contributed by atoms with Crippen LogP contribution >= 0.6 is 0 Å². The highest BCUT2D eigenvalue weighted by molar-refractivity contribution is 5.74. The van der Waals surface area contributed by atoms with Gasteiger partial charge in [0.1, 0.15) is 17.1 Å². The van der Waals surface area contributed by atoms with Gasteiger partial charge in [-0.3, -0.25) is 4.90 Å². The van der Waals surface area contributed by atoms with Crippen molar-refractivity contribution in [1.29, 1.82) is 0 Å². The van der Waals surface area contributed by atoms with E-state index in [2.05, 4.69) is 0 Å². The van der Waals surface area contributed by atoms with Gasteiger partial charge in [-0.1, -0.05) is 0 Å². The fourth-order valence-corrected chi connectivity index (χ4v) is 2.98. The second-order valence-electron chi connectivity index (χ2n) is 6.13. The molecule has 0 unspecified atom stereocenters. The molecule has 0 amide bonds. The van der Waals surface area contributed by atoms with Gasteiger partial charge in [0, 0.05) is 30.5 Å². The molecule has 26 heavy (non-hydrogen) atoms. The van der Waals surface area contributed by atoms with E-state index in [-0.39, 0.29) is 6.61 Å². The number of nitrogens with two attached hydrogens (primary N) is 1. The standard InChI is InChI=1S/C19H24N4O3/c1-22(8-9-24)12-16-19(21-18-7-4-13(20)11-23(16)18)15-10-14(25-2)5-6-17(15)26-3/h4-7,10-11,24H,8-9,12,20H2,1-3H3. The molecular formula is C19H24N4O3. The first-order valence-electron chi connectivity index (χ1n) is 8.35. The minimum atomic E-state index is 0.0905. The van der Waals surface area contributed by atoms with Crippen LogP contribution in [0.15, 0.2) is 36.5 Å². The van der Waals surface area contributed by atoms with Crippen LogP contribution in [-0.2, 0) is 6.54 Å². The third-order valence-corrected chi connectivity index (χ3v) is 4.30. The van der Waals surface area contributed by atoms with E-state index in [9.17, 15) is 5.11 Å². The average Bonchev–Trinajstić information content (AvgIpc) is 2.99. The fraction of sp³-hybridized carbons (Fsp3) is 0.316. The number of benzene rings is 1. The largest absolute Gasteiger partial charge is 0.497 e. The first-order chi connectivity index (χ1) is 12.6. The first kappa shape index (κ1) is 18.0. The number of methoxy groups -OCH3 is 2. The van der Waals surface area contributed by atoms with Crippen LogP contribution in [0.3, 0.4) is 0 Å². The number of aliphatic hydroxyl groups excluding tert-OH is 1. The normalized spacial score (nSPS) is 11.3. The SMILES string of the molecule is COc1ccc(OC)c(-c2nc3ccc(N)cn3c2CN(C)CCO)c1. The Morgan fingerprint density at radius 1 is 1.19 bits per heavy atom. The molecule has 3 rings (SSSR count). The molecule has 2 heterocycles. The van der Waals surface area contributed by atoms with E-state index in [1.54, 1.807) is 14.2 Å². The van der Waals surface area contributed by atoms with Crippen molar-refractivity contribution in [2.24, 2.45) is 0 Å². The van der Waals surface area contributed by atoms with Crippen molar-refractivity contribution >= 4 is 11.3 Å². The van der Waals surface area contributed by atoms with Crippen LogP contribution in [0, 0.1) is 0 Å². The quantitative estimate of drug-likeness (QED) is 0.674. The number of nitrogen functional groups attached to an aromatic ring is 1. The number of anilines is 1. The molecule has 0 radical (unpaired) electrons. The molecular weight excluding hydrogens is 332 g/mol. The van der Waals surface area contributed by atoms with Gasteiger partial charge in [-0.05, 0) is 37.4 Å². The van der Waals surface area contributed by atoms with Crippen molar-refractivity contribution < 1.29 is 14.6 Å². The summed E-state index contributed by atoms with van der Waals surface area (Å²) in [6, 6.07) is 9.36. The lowest BCUT2D eigenvalue weighted by molar-refractivity contribution is 0.216. The van der Waals surface area contributed by atoms with Gasteiger partial charge in [-0.2, -0.15) is 0 Å². The number of pyridine rings is 1. The summed E-state index contributed by atoms with van der Waals surface area (Å²) in [6.45, 7) is 1.25. The van der Waals surface area contributed by atoms with Crippen LogP contribution in [0.2, 0.25) is 0 Å². The molecule has 0 saturated carbocycles. The zero-order valence-corrected chi connectivity index (χ0v) is 15.3. The summed E-state index contributed by atoms with van der Waals surface area (Å²) in [5.41, 5.74) is 10.1. The summed E-state index contributed by atoms with van der Waals surface area (Å²) in [4.78, 5) is 6.83. The number of hydrogen-bond acceptors (Lipinski definition) is 6. The Kier molecular flexibility index (Phi) is 5.29. The highest BCUT2D eigenvalue weighted by Crippen LogP contribution is 2.36. The van der Waals surface area contributed by atoms with Gasteiger partial charge in [0.15, 0.2) is 0 Å². The minimum Gasteiger partial charge on any atom is -0.497 e. The van der Waals surface area contributed by atoms with Crippen molar-refractivity contribution in [2.75, 3.05) is 40.2 Å². The van der Waals surface area contributed by atoms with E-state index in [4.69, 9.17) is 20.2 Å². The maximum Gasteiger partial charge on any atom is 0.137 e. The predicted octanol–water partition coefficient (Wildman–Crippen LogP) is 2.02. The lowest BCUT2D eigenvalue weighted by Crippen LogP contribution is -2.22. The molecule has 0 spiro atoms. The van der Waals surface area contributed by atoms with Crippen LogP contribution < -0.4 is 15.2 Å². The van der Waals surface area contributed by atoms with E-state index < -0.39 is 0 Å². The highest BCUT2D eigenvalue weighted by atomic mass is 16.5. The number of nitrogens with zero attached hydrogens (tertiary/aromatic N) is 3. The molecule has 1 aromatic carbocycles. The second-order valence-corrected chi connectivity index (χ2v) is 6.13. The molecule has 3 aromatic rings. The van der Waals surface area contributed by atoms with Gasteiger partial charge >= 0.3 is 0 Å². The van der Waals surface area contributed by atoms with Gasteiger partial charge in [0.05, 0.1) is 32.2 Å². The molecule has 0 bridgehead atoms. The lowest BCUT2D eigenvalue weighted by atomic mass is 10.1. The fourth-order valence-electron chi connectivity index (χ4n) is 2.98. The minimum absolute atomic E-state index is 0.0905. The summed E-state index contributed by atoms with van der Waals surface area (Å²) in [5, 5.41) is 9.24. The van der Waals surface area contributed by atoms with Crippen molar-refractivity contribution in [3.8, 4) is 22.8 Å². The van der Waals surface area contributed by atoms with Crippen molar-refractivity contribution in [3.63, 3.8) is 0 Å². The van der Waals surface area contributed by atoms with Gasteiger partial charge in [0.25, 0.3) is 0 Å². The Hall–Kier alpha value is -2.77. The molecule has 0 aliphatic rings. The summed E-state index contributed by atoms with van der Waals surface area (Å²) in [6.07, 6.45) is 1.86. The zero-order chi connectivity index (χ0) is 18.7. The topological polar surface area (TPSA) is 85.2 Å². The van der Waals surface area contributed by atoms with Crippen molar-refractivity contribution in [3.05, 3.63) is 42.2 Å². The van der Waals surface area contributed by atoms with Crippen LogP contribution in [0.4, 0.5) is 5.69 Å². The monoisotopic (exact) mass is 356 g/mol. The lowest BCUT2D eigenvalue weighted by Gasteiger charge is -2.17. The number of fused-ring (bicyclic) bond motifs is 1. The Morgan fingerprint density at radius 3 is 2.69 bits per heavy atom. The Balaban J connectivity index is 2.22. The maximum absolute atomic E-state index is 9.24. The number of hydrogen-bond donors (Lipinski definition) is 2. The molecule has 7 heteroatoms. The van der Waals surface area contributed by atoms with Crippen LogP contribution in [0.25, 0.3) is 16.9 Å². The van der Waals surface area contributed by atoms with Crippen molar-refractivity contribution in [1.82, 2.24) is 14.3 Å². The summed E-state index contributed by atoms with van der Waals surface area (Å²) < 4.78 is 12.9. The Morgan fingerprint density at radius 2 is 2.00 bits per heavy atom.